The fourth-order valence-corrected chi connectivity index (χ4v) is 1.59. The number of rotatable bonds is 4. The molecule has 17 heavy (non-hydrogen) atoms. The van der Waals surface area contributed by atoms with Gasteiger partial charge in [-0.25, -0.2) is 8.78 Å². The highest BCUT2D eigenvalue weighted by atomic mass is 19.1. The Kier molecular flexibility index (Phi) is 4.33. The van der Waals surface area contributed by atoms with E-state index in [-0.39, 0.29) is 11.5 Å². The third kappa shape index (κ3) is 3.63. The monoisotopic (exact) mass is 237 g/mol. The first-order valence-corrected chi connectivity index (χ1v) is 5.34. The summed E-state index contributed by atoms with van der Waals surface area (Å²) in [5, 5.41) is 8.89. The molecule has 4 heteroatoms. The van der Waals surface area contributed by atoms with E-state index in [1.807, 2.05) is 19.9 Å². The topological polar surface area (TPSA) is 40.9 Å². The molecule has 0 aliphatic heterocycles. The normalized spacial score (nSPS) is 12.2. The van der Waals surface area contributed by atoms with Crippen LogP contribution in [0.3, 0.4) is 0 Å². The zero-order valence-electron chi connectivity index (χ0n) is 9.71. The van der Waals surface area contributed by atoms with Gasteiger partial charge in [0.25, 0.3) is 0 Å². The van der Waals surface area contributed by atoms with Crippen molar-refractivity contribution in [1.82, 2.24) is 0 Å². The van der Waals surface area contributed by atoms with Gasteiger partial charge in [-0.2, -0.15) is 5.26 Å². The molecule has 0 bridgehead atoms. The summed E-state index contributed by atoms with van der Waals surface area (Å²) < 4.78 is 25.9. The molecule has 0 aromatic heterocycles. The van der Waals surface area contributed by atoms with Crippen molar-refractivity contribution >= 4 is 5.78 Å². The van der Waals surface area contributed by atoms with Crippen molar-refractivity contribution in [2.24, 2.45) is 11.8 Å². The van der Waals surface area contributed by atoms with E-state index < -0.39 is 23.3 Å². The highest BCUT2D eigenvalue weighted by molar-refractivity contribution is 5.99. The van der Waals surface area contributed by atoms with Crippen LogP contribution in [-0.2, 0) is 0 Å². The molecule has 0 radical (unpaired) electrons. The minimum Gasteiger partial charge on any atom is -0.293 e. The molecule has 1 aromatic carbocycles. The average molecular weight is 237 g/mol. The maximum absolute atomic E-state index is 12.9. The summed E-state index contributed by atoms with van der Waals surface area (Å²) in [6.07, 6.45) is 0.382. The van der Waals surface area contributed by atoms with Crippen molar-refractivity contribution in [3.63, 3.8) is 0 Å². The Morgan fingerprint density at radius 1 is 1.29 bits per heavy atom. The maximum atomic E-state index is 12.9. The standard InChI is InChI=1S/C13H13F2NO/c1-8(2)3-10(7-16)13(17)9-4-11(14)6-12(15)5-9/h4-6,8,10H,3H2,1-2H3. The van der Waals surface area contributed by atoms with E-state index in [0.717, 1.165) is 12.1 Å². The van der Waals surface area contributed by atoms with Crippen LogP contribution in [-0.4, -0.2) is 5.78 Å². The Balaban J connectivity index is 2.98. The van der Waals surface area contributed by atoms with Gasteiger partial charge in [-0.1, -0.05) is 13.8 Å². The molecule has 0 spiro atoms. The first kappa shape index (κ1) is 13.3. The zero-order valence-corrected chi connectivity index (χ0v) is 9.71. The molecule has 0 saturated carbocycles. The molecule has 1 rings (SSSR count). The number of hydrogen-bond acceptors (Lipinski definition) is 2. The lowest BCUT2D eigenvalue weighted by Gasteiger charge is -2.10. The summed E-state index contributed by atoms with van der Waals surface area (Å²) in [5.41, 5.74) is -0.0882. The summed E-state index contributed by atoms with van der Waals surface area (Å²) in [4.78, 5) is 11.9. The van der Waals surface area contributed by atoms with Crippen LogP contribution in [0.1, 0.15) is 30.6 Å². The van der Waals surface area contributed by atoms with Crippen molar-refractivity contribution in [2.75, 3.05) is 0 Å². The second-order valence-electron chi connectivity index (χ2n) is 4.33. The lowest BCUT2D eigenvalue weighted by molar-refractivity contribution is 0.0936. The van der Waals surface area contributed by atoms with Crippen LogP contribution in [0.15, 0.2) is 18.2 Å². The number of benzene rings is 1. The van der Waals surface area contributed by atoms with Gasteiger partial charge in [0.1, 0.15) is 17.6 Å². The Bertz CT molecular complexity index is 443. The van der Waals surface area contributed by atoms with Gasteiger partial charge in [0, 0.05) is 11.6 Å². The summed E-state index contributed by atoms with van der Waals surface area (Å²) in [6, 6.07) is 4.48. The highest BCUT2D eigenvalue weighted by Crippen LogP contribution is 2.18. The van der Waals surface area contributed by atoms with Crippen LogP contribution in [0.4, 0.5) is 8.78 Å². The molecule has 1 unspecified atom stereocenters. The first-order valence-electron chi connectivity index (χ1n) is 5.34. The van der Waals surface area contributed by atoms with Crippen molar-refractivity contribution < 1.29 is 13.6 Å². The van der Waals surface area contributed by atoms with E-state index in [0.29, 0.717) is 12.5 Å². The number of hydrogen-bond donors (Lipinski definition) is 0. The van der Waals surface area contributed by atoms with Crippen molar-refractivity contribution in [3.05, 3.63) is 35.4 Å². The zero-order chi connectivity index (χ0) is 13.0. The van der Waals surface area contributed by atoms with E-state index in [4.69, 9.17) is 5.26 Å². The van der Waals surface area contributed by atoms with Gasteiger partial charge in [0.15, 0.2) is 5.78 Å². The third-order valence-corrected chi connectivity index (χ3v) is 2.33. The Morgan fingerprint density at radius 3 is 2.24 bits per heavy atom. The van der Waals surface area contributed by atoms with E-state index in [1.165, 1.54) is 0 Å². The van der Waals surface area contributed by atoms with E-state index >= 15 is 0 Å². The highest BCUT2D eigenvalue weighted by Gasteiger charge is 2.21. The summed E-state index contributed by atoms with van der Waals surface area (Å²) in [5.74, 6) is -2.83. The van der Waals surface area contributed by atoms with E-state index in [1.54, 1.807) is 0 Å². The molecule has 2 nitrogen and oxygen atoms in total. The number of nitriles is 1. The van der Waals surface area contributed by atoms with Gasteiger partial charge in [-0.3, -0.25) is 4.79 Å². The molecule has 1 aromatic rings. The lowest BCUT2D eigenvalue weighted by Crippen LogP contribution is -2.15. The molecule has 0 aliphatic rings. The fraction of sp³-hybridized carbons (Fsp3) is 0.385. The van der Waals surface area contributed by atoms with Crippen molar-refractivity contribution in [3.8, 4) is 6.07 Å². The van der Waals surface area contributed by atoms with Crippen LogP contribution in [0, 0.1) is 34.8 Å². The number of nitrogens with zero attached hydrogens (tertiary/aromatic N) is 1. The number of ketones is 1. The van der Waals surface area contributed by atoms with Crippen LogP contribution >= 0.6 is 0 Å². The Hall–Kier alpha value is -1.76. The number of halogens is 2. The number of Topliss-reactive ketones (excluding diaryl/α,β-unsaturated/α-hetero) is 1. The van der Waals surface area contributed by atoms with Crippen LogP contribution in [0.5, 0.6) is 0 Å². The summed E-state index contributed by atoms with van der Waals surface area (Å²) >= 11 is 0. The van der Waals surface area contributed by atoms with Gasteiger partial charge >= 0.3 is 0 Å². The molecular formula is C13H13F2NO. The molecule has 0 heterocycles. The van der Waals surface area contributed by atoms with Gasteiger partial charge in [0.05, 0.1) is 6.07 Å². The molecule has 1 atom stereocenters. The second kappa shape index (κ2) is 5.53. The quantitative estimate of drug-likeness (QED) is 0.753. The second-order valence-corrected chi connectivity index (χ2v) is 4.33. The summed E-state index contributed by atoms with van der Waals surface area (Å²) in [6.45, 7) is 3.76. The fourth-order valence-electron chi connectivity index (χ4n) is 1.59. The molecule has 90 valence electrons. The summed E-state index contributed by atoms with van der Waals surface area (Å²) in [7, 11) is 0. The first-order chi connectivity index (χ1) is 7.93. The van der Waals surface area contributed by atoms with Gasteiger partial charge < -0.3 is 0 Å². The molecule has 0 saturated heterocycles. The molecule has 0 N–H and O–H groups in total. The SMILES string of the molecule is CC(C)CC(C#N)C(=O)c1cc(F)cc(F)c1. The van der Waals surface area contributed by atoms with Crippen LogP contribution < -0.4 is 0 Å². The Morgan fingerprint density at radius 2 is 1.82 bits per heavy atom. The van der Waals surface area contributed by atoms with Gasteiger partial charge in [0.2, 0.25) is 0 Å². The minimum absolute atomic E-state index is 0.0882. The smallest absolute Gasteiger partial charge is 0.180 e. The van der Waals surface area contributed by atoms with E-state index in [2.05, 4.69) is 0 Å². The number of carbonyl (C=O) groups is 1. The van der Waals surface area contributed by atoms with Gasteiger partial charge in [-0.15, -0.1) is 0 Å². The predicted octanol–water partition coefficient (Wildman–Crippen LogP) is 3.33. The van der Waals surface area contributed by atoms with Crippen molar-refractivity contribution in [2.45, 2.75) is 20.3 Å². The maximum Gasteiger partial charge on any atom is 0.180 e. The molecule has 0 amide bonds. The average Bonchev–Trinajstić information content (AvgIpc) is 2.23. The van der Waals surface area contributed by atoms with Gasteiger partial charge in [-0.05, 0) is 24.5 Å². The molecule has 0 aliphatic carbocycles. The molecule has 0 fully saturated rings. The van der Waals surface area contributed by atoms with Crippen molar-refractivity contribution in [1.29, 1.82) is 5.26 Å². The predicted molar refractivity (Wildman–Crippen MR) is 59.2 cm³/mol. The minimum atomic E-state index is -0.851. The molecular weight excluding hydrogens is 224 g/mol. The van der Waals surface area contributed by atoms with Crippen LogP contribution in [0.25, 0.3) is 0 Å². The largest absolute Gasteiger partial charge is 0.293 e. The van der Waals surface area contributed by atoms with Crippen LogP contribution in [0.2, 0.25) is 0 Å². The third-order valence-electron chi connectivity index (χ3n) is 2.33. The Labute approximate surface area is 98.9 Å². The lowest BCUT2D eigenvalue weighted by atomic mass is 9.91. The van der Waals surface area contributed by atoms with E-state index in [9.17, 15) is 13.6 Å². The number of carbonyl (C=O) groups excluding carboxylic acids is 1.